The van der Waals surface area contributed by atoms with Gasteiger partial charge in [-0.05, 0) is 132 Å². The number of ketones is 2. The molecular weight excluding hydrogens is 1850 g/mol. The number of thiophene rings is 2. The Bertz CT molecular complexity index is 4340. The van der Waals surface area contributed by atoms with Gasteiger partial charge in [0, 0.05) is 22.3 Å². The SMILES string of the molecule is CCCCCCCCCCCCCCCCOc1cc(C(=O)c2ccc(C#Cc3ccc4ccc5c(C#Cc6ccc(C(=O)c7cc(OCCCCCCCCCCCCCCCC)c(OCCCCCCCCCCCCCCCC)c(OCCCCCCCCCCCCCCCC)c7)s6)ccc6ccc3c4c65)s2)cc(OCCCCCCCCCCCCCCCC)c1OCCCCCCCCCCCCCCCC. The molecule has 0 fully saturated rings. The summed E-state index contributed by atoms with van der Waals surface area (Å²) >= 11 is 2.89. The fraction of sp³-hybridized carbons (Fsp3) is 0.696. The summed E-state index contributed by atoms with van der Waals surface area (Å²) in [5, 5.41) is 6.75. The topological polar surface area (TPSA) is 89.5 Å². The first kappa shape index (κ1) is 126. The maximum Gasteiger partial charge on any atom is 0.203 e. The van der Waals surface area contributed by atoms with Crippen LogP contribution in [0.2, 0.25) is 0 Å². The number of hydrogen-bond donors (Lipinski definition) is 0. The van der Waals surface area contributed by atoms with E-state index in [1.807, 2.05) is 48.5 Å². The van der Waals surface area contributed by atoms with E-state index in [9.17, 15) is 0 Å². The summed E-state index contributed by atoms with van der Waals surface area (Å²) in [7, 11) is 0. The minimum absolute atomic E-state index is 0.0693. The van der Waals surface area contributed by atoms with Crippen molar-refractivity contribution in [3.8, 4) is 58.2 Å². The lowest BCUT2D eigenvalue weighted by atomic mass is 9.90. The number of rotatable bonds is 100. The third-order valence-electron chi connectivity index (χ3n) is 31.0. The van der Waals surface area contributed by atoms with Crippen molar-refractivity contribution in [2.24, 2.45) is 0 Å². The molecule has 0 saturated heterocycles. The van der Waals surface area contributed by atoms with Gasteiger partial charge in [0.25, 0.3) is 0 Å². The summed E-state index contributed by atoms with van der Waals surface area (Å²) in [6.45, 7) is 17.2. The quantitative estimate of drug-likeness (QED) is 0.0161. The van der Waals surface area contributed by atoms with Gasteiger partial charge >= 0.3 is 0 Å². The van der Waals surface area contributed by atoms with Crippen LogP contribution in [0.1, 0.15) is 632 Å². The first-order chi connectivity index (χ1) is 73.3. The second-order valence-electron chi connectivity index (χ2n) is 44.4. The number of ether oxygens (including phenoxy) is 6. The van der Waals surface area contributed by atoms with Crippen molar-refractivity contribution >= 4 is 66.6 Å². The standard InChI is InChI=1S/C138H214O8S2/c1-7-13-19-25-31-37-43-49-55-61-67-73-79-85-107-141-127-113-121(114-128(142-108-86-80-74-68-62-56-50-44-38-32-26-20-14-8-2)137(127)145-111-89-83-77-71-65-59-53-47-41-35-29-23-17-11-5)135(139)131-105-101-123(147-131)99-95-117-91-93-119-98-104-126-118(92-94-120-97-103-125(117)133(119)134(120)126)96-100-124-102-106-132(148-124)136(140)122-115-129(143-109-87-81-75-69-63-57-51-45-39-33-27-21-15-9-3)138(146-112-90-84-78-72-66-60-54-48-42-36-30-24-18-12-6)130(116-122)144-110-88-82-76-70-64-58-52-46-40-34-28-22-16-10-4/h91-94,97-98,101-106,113-116H,7-90,107-112H2,1-6H3. The average molecular weight is 2070 g/mol. The summed E-state index contributed by atoms with van der Waals surface area (Å²) < 4.78 is 41.0. The fourth-order valence-electron chi connectivity index (χ4n) is 21.6. The van der Waals surface area contributed by atoms with Gasteiger partial charge in [0.2, 0.25) is 23.1 Å². The minimum Gasteiger partial charge on any atom is -0.490 e. The fourth-order valence-corrected chi connectivity index (χ4v) is 23.2. The molecule has 0 aliphatic heterocycles. The van der Waals surface area contributed by atoms with Crippen LogP contribution in [0.5, 0.6) is 34.5 Å². The Balaban J connectivity index is 0.975. The zero-order chi connectivity index (χ0) is 104. The van der Waals surface area contributed by atoms with Crippen molar-refractivity contribution in [2.45, 2.75) is 581 Å². The van der Waals surface area contributed by atoms with Crippen LogP contribution in [0.3, 0.4) is 0 Å². The van der Waals surface area contributed by atoms with Gasteiger partial charge in [0.1, 0.15) is 0 Å². The molecule has 6 aromatic carbocycles. The highest BCUT2D eigenvalue weighted by Gasteiger charge is 2.25. The molecule has 0 amide bonds. The van der Waals surface area contributed by atoms with E-state index in [4.69, 9.17) is 28.4 Å². The molecule has 0 atom stereocenters. The van der Waals surface area contributed by atoms with Gasteiger partial charge in [0.05, 0.1) is 59.1 Å². The first-order valence-corrected chi connectivity index (χ1v) is 65.1. The van der Waals surface area contributed by atoms with Crippen LogP contribution in [0.15, 0.2) is 97.1 Å². The molecule has 2 aromatic heterocycles. The molecule has 0 aliphatic rings. The zero-order valence-corrected chi connectivity index (χ0v) is 97.6. The van der Waals surface area contributed by atoms with Crippen LogP contribution in [0.25, 0.3) is 32.3 Å². The summed E-state index contributed by atoms with van der Waals surface area (Å²) in [4.78, 5) is 33.2. The molecule has 8 rings (SSSR count). The van der Waals surface area contributed by atoms with Gasteiger partial charge in [-0.1, -0.05) is 602 Å². The Hall–Kier alpha value is -6.98. The lowest BCUT2D eigenvalue weighted by Crippen LogP contribution is -2.09. The molecule has 826 valence electrons. The monoisotopic (exact) mass is 2060 g/mol. The molecule has 0 saturated carbocycles. The van der Waals surface area contributed by atoms with Crippen LogP contribution in [0.4, 0.5) is 0 Å². The molecular formula is C138H214O8S2. The van der Waals surface area contributed by atoms with Gasteiger partial charge in [-0.3, -0.25) is 9.59 Å². The Morgan fingerprint density at radius 1 is 0.196 bits per heavy atom. The van der Waals surface area contributed by atoms with Crippen molar-refractivity contribution in [2.75, 3.05) is 39.6 Å². The number of carbonyl (C=O) groups is 2. The van der Waals surface area contributed by atoms with Gasteiger partial charge in [-0.2, -0.15) is 0 Å². The number of hydrogen-bond acceptors (Lipinski definition) is 10. The smallest absolute Gasteiger partial charge is 0.203 e. The van der Waals surface area contributed by atoms with E-state index < -0.39 is 0 Å². The van der Waals surface area contributed by atoms with Crippen molar-refractivity contribution in [1.82, 2.24) is 0 Å². The highest BCUT2D eigenvalue weighted by atomic mass is 32.1. The Labute approximate surface area is 915 Å². The lowest BCUT2D eigenvalue weighted by Gasteiger charge is -2.19. The maximum atomic E-state index is 15.2. The van der Waals surface area contributed by atoms with Gasteiger partial charge < -0.3 is 28.4 Å². The van der Waals surface area contributed by atoms with E-state index in [1.165, 1.54) is 485 Å². The highest BCUT2D eigenvalue weighted by molar-refractivity contribution is 7.15. The molecule has 0 spiro atoms. The molecule has 0 radical (unpaired) electrons. The average Bonchev–Trinajstić information content (AvgIpc) is 0.738. The molecule has 148 heavy (non-hydrogen) atoms. The van der Waals surface area contributed by atoms with E-state index in [-0.39, 0.29) is 11.6 Å². The normalized spacial score (nSPS) is 11.5. The molecule has 0 unspecified atom stereocenters. The summed E-state index contributed by atoms with van der Waals surface area (Å²) in [6, 6.07) is 33.2. The van der Waals surface area contributed by atoms with Gasteiger partial charge in [-0.15, -0.1) is 22.7 Å². The molecule has 0 N–H and O–H groups in total. The number of benzene rings is 6. The van der Waals surface area contributed by atoms with E-state index >= 15 is 9.59 Å². The molecule has 0 bridgehead atoms. The molecule has 8 nitrogen and oxygen atoms in total. The highest BCUT2D eigenvalue weighted by Crippen LogP contribution is 2.44. The largest absolute Gasteiger partial charge is 0.490 e. The van der Waals surface area contributed by atoms with E-state index in [2.05, 4.69) is 114 Å². The predicted octanol–water partition coefficient (Wildman–Crippen LogP) is 45.1. The van der Waals surface area contributed by atoms with Crippen molar-refractivity contribution < 1.29 is 38.0 Å². The Morgan fingerprint density at radius 2 is 0.372 bits per heavy atom. The minimum atomic E-state index is -0.0693. The Kier molecular flexibility index (Phi) is 73.6. The molecule has 0 aliphatic carbocycles. The van der Waals surface area contributed by atoms with E-state index in [0.717, 1.165) is 130 Å². The van der Waals surface area contributed by atoms with Crippen LogP contribution in [-0.2, 0) is 0 Å². The van der Waals surface area contributed by atoms with Crippen molar-refractivity contribution in [1.29, 1.82) is 0 Å². The predicted molar refractivity (Wildman–Crippen MR) is 645 cm³/mol. The maximum absolute atomic E-state index is 15.2. The zero-order valence-electron chi connectivity index (χ0n) is 96.0. The lowest BCUT2D eigenvalue weighted by molar-refractivity contribution is 0.103. The summed E-state index contributed by atoms with van der Waals surface area (Å²) in [5.41, 5.74) is 2.95. The summed E-state index contributed by atoms with van der Waals surface area (Å²) in [6.07, 6.45) is 109. The third-order valence-corrected chi connectivity index (χ3v) is 33.0. The van der Waals surface area contributed by atoms with Crippen LogP contribution < -0.4 is 28.4 Å². The molecule has 8 aromatic rings. The van der Waals surface area contributed by atoms with Crippen LogP contribution in [-0.4, -0.2) is 51.2 Å². The second kappa shape index (κ2) is 86.4. The van der Waals surface area contributed by atoms with Crippen molar-refractivity contribution in [3.05, 3.63) is 139 Å². The number of unbranched alkanes of at least 4 members (excludes halogenated alkanes) is 78. The van der Waals surface area contributed by atoms with E-state index in [1.54, 1.807) is 0 Å². The van der Waals surface area contributed by atoms with E-state index in [0.29, 0.717) is 95.0 Å². The van der Waals surface area contributed by atoms with Gasteiger partial charge in [0.15, 0.2) is 23.0 Å². The molecule has 2 heterocycles. The van der Waals surface area contributed by atoms with Gasteiger partial charge in [-0.25, -0.2) is 0 Å². The Morgan fingerprint density at radius 3 is 0.568 bits per heavy atom. The van der Waals surface area contributed by atoms with Crippen molar-refractivity contribution in [3.63, 3.8) is 0 Å². The first-order valence-electron chi connectivity index (χ1n) is 63.4. The third kappa shape index (κ3) is 55.2. The number of carbonyl (C=O) groups excluding carboxylic acids is 2. The molecule has 10 heteroatoms. The summed E-state index contributed by atoms with van der Waals surface area (Å²) in [5.74, 6) is 17.9. The van der Waals surface area contributed by atoms with Crippen LogP contribution >= 0.6 is 22.7 Å². The second-order valence-corrected chi connectivity index (χ2v) is 46.6. The van der Waals surface area contributed by atoms with Crippen LogP contribution in [0, 0.1) is 23.7 Å².